The van der Waals surface area contributed by atoms with E-state index in [4.69, 9.17) is 11.6 Å². The summed E-state index contributed by atoms with van der Waals surface area (Å²) in [4.78, 5) is 55.3. The van der Waals surface area contributed by atoms with Crippen molar-refractivity contribution in [1.29, 1.82) is 0 Å². The first-order valence-corrected chi connectivity index (χ1v) is 14.1. The number of phenolic OH excluding ortho intramolecular Hbond substituents is 1. The van der Waals surface area contributed by atoms with Crippen molar-refractivity contribution in [2.45, 2.75) is 32.0 Å². The first kappa shape index (κ1) is 28.4. The highest BCUT2D eigenvalue weighted by atomic mass is 79.9. The number of ether oxygens (including phenoxy) is 1. The second-order valence-electron chi connectivity index (χ2n) is 10.6. The Morgan fingerprint density at radius 3 is 2.48 bits per heavy atom. The summed E-state index contributed by atoms with van der Waals surface area (Å²) in [6.07, 6.45) is -2.18. The first-order chi connectivity index (χ1) is 19.8. The Hall–Kier alpha value is -3.70. The molecule has 2 aromatic rings. The van der Waals surface area contributed by atoms with Crippen molar-refractivity contribution in [2.24, 2.45) is 17.8 Å². The second kappa shape index (κ2) is 9.95. The van der Waals surface area contributed by atoms with Crippen LogP contribution in [0.3, 0.4) is 0 Å². The number of allylic oxidation sites excluding steroid dienone is 6. The number of aryl methyl sites for hydroxylation is 1. The lowest BCUT2D eigenvalue weighted by Gasteiger charge is -2.42. The number of carbonyl (C=O) groups is 4. The predicted octanol–water partition coefficient (Wildman–Crippen LogP) is 6.22. The van der Waals surface area contributed by atoms with Crippen molar-refractivity contribution in [3.8, 4) is 11.5 Å². The molecule has 216 valence electrons. The molecule has 42 heavy (non-hydrogen) atoms. The predicted molar refractivity (Wildman–Crippen MR) is 148 cm³/mol. The Balaban J connectivity index is 1.49. The number of benzene rings is 2. The van der Waals surface area contributed by atoms with Crippen LogP contribution in [0.25, 0.3) is 0 Å². The van der Waals surface area contributed by atoms with Crippen LogP contribution in [0.2, 0.25) is 5.02 Å². The lowest BCUT2D eigenvalue weighted by Crippen LogP contribution is -2.39. The van der Waals surface area contributed by atoms with Crippen molar-refractivity contribution in [3.05, 3.63) is 85.9 Å². The van der Waals surface area contributed by atoms with Crippen molar-refractivity contribution in [1.82, 2.24) is 0 Å². The third kappa shape index (κ3) is 4.50. The molecule has 0 unspecified atom stereocenters. The molecule has 0 aromatic heterocycles. The minimum Gasteiger partial charge on any atom is -0.508 e. The number of anilines is 1. The standard InChI is InChI=1S/C30H20BrClF3NO6/c1-12-2-3-13(8-21(12)32)36-28(40)16-6-5-15-17(25(16)29(36)41)10-19-26(23(38)11-20(31)27(19)39)24(15)18-9-14(4-7-22(18)37)42-30(33,34)35/h2-5,7-9,11,16-17,24-25,37H,6,10H2,1H3/t16-,17+,24+,25-/m0/s1. The quantitative estimate of drug-likeness (QED) is 0.238. The van der Waals surface area contributed by atoms with E-state index >= 15 is 0 Å². The number of rotatable bonds is 3. The summed E-state index contributed by atoms with van der Waals surface area (Å²) in [6.45, 7) is 1.78. The number of hydrogen-bond acceptors (Lipinski definition) is 6. The molecular weight excluding hydrogens is 643 g/mol. The molecule has 1 N–H and O–H groups in total. The summed E-state index contributed by atoms with van der Waals surface area (Å²) < 4.78 is 43.2. The normalized spacial score (nSPS) is 25.6. The average Bonchev–Trinajstić information content (AvgIpc) is 3.18. The molecule has 4 atom stereocenters. The van der Waals surface area contributed by atoms with Gasteiger partial charge < -0.3 is 9.84 Å². The van der Waals surface area contributed by atoms with E-state index in [0.29, 0.717) is 16.3 Å². The number of Topliss-reactive ketones (excluding diaryl/α,β-unsaturated/α-hetero) is 1. The molecule has 1 heterocycles. The summed E-state index contributed by atoms with van der Waals surface area (Å²) in [5, 5.41) is 11.2. The Bertz CT molecular complexity index is 1710. The largest absolute Gasteiger partial charge is 0.573 e. The Morgan fingerprint density at radius 2 is 1.79 bits per heavy atom. The van der Waals surface area contributed by atoms with E-state index in [9.17, 15) is 37.5 Å². The minimum atomic E-state index is -5.02. The van der Waals surface area contributed by atoms with Gasteiger partial charge in [0.05, 0.1) is 22.0 Å². The van der Waals surface area contributed by atoms with E-state index in [0.717, 1.165) is 34.7 Å². The van der Waals surface area contributed by atoms with Gasteiger partial charge in [-0.1, -0.05) is 29.3 Å². The lowest BCUT2D eigenvalue weighted by atomic mass is 9.59. The number of nitrogens with zero attached hydrogens (tertiary/aromatic N) is 1. The fourth-order valence-corrected chi connectivity index (χ4v) is 7.12. The molecule has 1 aliphatic heterocycles. The van der Waals surface area contributed by atoms with E-state index in [1.165, 1.54) is 6.07 Å². The fourth-order valence-electron chi connectivity index (χ4n) is 6.50. The van der Waals surface area contributed by atoms with Gasteiger partial charge in [0.2, 0.25) is 11.8 Å². The summed E-state index contributed by atoms with van der Waals surface area (Å²) >= 11 is 9.39. The second-order valence-corrected chi connectivity index (χ2v) is 11.9. The van der Waals surface area contributed by atoms with Crippen molar-refractivity contribution >= 4 is 56.6 Å². The molecule has 0 radical (unpaired) electrons. The average molecular weight is 663 g/mol. The van der Waals surface area contributed by atoms with Crippen LogP contribution in [0.5, 0.6) is 11.5 Å². The number of amides is 2. The number of halogens is 5. The molecule has 2 amide bonds. The lowest BCUT2D eigenvalue weighted by molar-refractivity contribution is -0.274. The van der Waals surface area contributed by atoms with E-state index in [2.05, 4.69) is 20.7 Å². The van der Waals surface area contributed by atoms with Gasteiger partial charge in [-0.2, -0.15) is 0 Å². The molecular formula is C30H20BrClF3NO6. The van der Waals surface area contributed by atoms with Crippen LogP contribution in [0.4, 0.5) is 18.9 Å². The van der Waals surface area contributed by atoms with Crippen LogP contribution in [0.1, 0.15) is 29.9 Å². The highest BCUT2D eigenvalue weighted by Crippen LogP contribution is 2.57. The number of fused-ring (bicyclic) bond motifs is 3. The van der Waals surface area contributed by atoms with Crippen LogP contribution in [-0.4, -0.2) is 34.8 Å². The maximum atomic E-state index is 13.9. The van der Waals surface area contributed by atoms with Gasteiger partial charge in [-0.25, -0.2) is 4.90 Å². The minimum absolute atomic E-state index is 0.00236. The zero-order chi connectivity index (χ0) is 30.2. The van der Waals surface area contributed by atoms with Crippen LogP contribution < -0.4 is 9.64 Å². The Kier molecular flexibility index (Phi) is 6.73. The van der Waals surface area contributed by atoms with Crippen LogP contribution >= 0.6 is 27.5 Å². The number of alkyl halides is 3. The molecule has 1 fully saturated rings. The van der Waals surface area contributed by atoms with E-state index in [1.54, 1.807) is 25.1 Å². The molecule has 3 aliphatic carbocycles. The number of phenols is 1. The smallest absolute Gasteiger partial charge is 0.508 e. The SMILES string of the molecule is Cc1ccc(N2C(=O)[C@H]3[C@H](CC=C4[C@H](c5cc(OC(F)(F)F)ccc5O)C5=C(C[C@H]43)C(=O)C(Br)=CC5=O)C2=O)cc1Cl. The molecule has 7 nitrogen and oxygen atoms in total. The molecule has 6 rings (SSSR count). The van der Waals surface area contributed by atoms with E-state index in [1.807, 2.05) is 0 Å². The van der Waals surface area contributed by atoms with Gasteiger partial charge in [0.1, 0.15) is 11.5 Å². The van der Waals surface area contributed by atoms with Gasteiger partial charge in [-0.15, -0.1) is 13.2 Å². The highest BCUT2D eigenvalue weighted by Gasteiger charge is 2.57. The van der Waals surface area contributed by atoms with Crippen LogP contribution in [0.15, 0.2) is 69.8 Å². The molecule has 12 heteroatoms. The van der Waals surface area contributed by atoms with Gasteiger partial charge in [0.25, 0.3) is 0 Å². The molecule has 1 saturated heterocycles. The van der Waals surface area contributed by atoms with Gasteiger partial charge in [0, 0.05) is 33.7 Å². The first-order valence-electron chi connectivity index (χ1n) is 12.9. The highest BCUT2D eigenvalue weighted by molar-refractivity contribution is 9.12. The molecule has 4 aliphatic rings. The third-order valence-electron chi connectivity index (χ3n) is 8.29. The summed E-state index contributed by atoms with van der Waals surface area (Å²) in [5.41, 5.74) is 1.50. The zero-order valence-electron chi connectivity index (χ0n) is 21.7. The molecule has 0 spiro atoms. The van der Waals surface area contributed by atoms with Crippen LogP contribution in [-0.2, 0) is 19.2 Å². The van der Waals surface area contributed by atoms with Crippen molar-refractivity contribution in [3.63, 3.8) is 0 Å². The topological polar surface area (TPSA) is 101 Å². The maximum Gasteiger partial charge on any atom is 0.573 e. The van der Waals surface area contributed by atoms with Gasteiger partial charge in [-0.05, 0) is 77.5 Å². The van der Waals surface area contributed by atoms with E-state index in [-0.39, 0.29) is 34.0 Å². The number of carbonyl (C=O) groups excluding carboxylic acids is 4. The van der Waals surface area contributed by atoms with Crippen molar-refractivity contribution in [2.75, 3.05) is 4.90 Å². The molecule has 0 bridgehead atoms. The van der Waals surface area contributed by atoms with Gasteiger partial charge >= 0.3 is 6.36 Å². The maximum absolute atomic E-state index is 13.9. The fraction of sp³-hybridized carbons (Fsp3) is 0.267. The monoisotopic (exact) mass is 661 g/mol. The number of ketones is 2. The number of hydrogen-bond donors (Lipinski definition) is 1. The van der Waals surface area contributed by atoms with Crippen LogP contribution in [0, 0.1) is 24.7 Å². The van der Waals surface area contributed by atoms with Crippen molar-refractivity contribution < 1.29 is 42.2 Å². The summed E-state index contributed by atoms with van der Waals surface area (Å²) in [7, 11) is 0. The van der Waals surface area contributed by atoms with E-state index < -0.39 is 64.9 Å². The number of aromatic hydroxyl groups is 1. The Morgan fingerprint density at radius 1 is 1.05 bits per heavy atom. The summed E-state index contributed by atoms with van der Waals surface area (Å²) in [5.74, 6) is -6.68. The third-order valence-corrected chi connectivity index (χ3v) is 9.28. The molecule has 0 saturated carbocycles. The van der Waals surface area contributed by atoms with Gasteiger partial charge in [0.15, 0.2) is 11.6 Å². The van der Waals surface area contributed by atoms with Gasteiger partial charge in [-0.3, -0.25) is 19.2 Å². The number of imide groups is 1. The summed E-state index contributed by atoms with van der Waals surface area (Å²) in [6, 6.07) is 7.75. The zero-order valence-corrected chi connectivity index (χ0v) is 24.0. The Labute approximate surface area is 250 Å². The molecule has 2 aromatic carbocycles.